The molecule has 28 heavy (non-hydrogen) atoms. The summed E-state index contributed by atoms with van der Waals surface area (Å²) in [7, 11) is 0. The first-order valence-electron chi connectivity index (χ1n) is 9.94. The average Bonchev–Trinajstić information content (AvgIpc) is 2.72. The number of ether oxygens (including phenoxy) is 1. The van der Waals surface area contributed by atoms with E-state index in [0.717, 1.165) is 39.3 Å². The van der Waals surface area contributed by atoms with Crippen LogP contribution in [0.15, 0.2) is 37.2 Å². The van der Waals surface area contributed by atoms with Crippen molar-refractivity contribution in [1.82, 2.24) is 20.1 Å². The van der Waals surface area contributed by atoms with E-state index in [0.29, 0.717) is 18.7 Å². The maximum Gasteiger partial charge on any atom is 0.256 e. The van der Waals surface area contributed by atoms with Crippen LogP contribution in [0, 0.1) is 5.92 Å². The molecule has 0 saturated carbocycles. The lowest BCUT2D eigenvalue weighted by Gasteiger charge is -2.34. The number of carbonyl (C=O) groups is 2. The van der Waals surface area contributed by atoms with E-state index in [-0.39, 0.29) is 17.7 Å². The van der Waals surface area contributed by atoms with E-state index in [9.17, 15) is 9.59 Å². The molecule has 0 aliphatic carbocycles. The molecule has 2 heterocycles. The fourth-order valence-corrected chi connectivity index (χ4v) is 3.39. The number of hydrogen-bond donors (Lipinski definition) is 1. The van der Waals surface area contributed by atoms with E-state index in [4.69, 9.17) is 4.74 Å². The van der Waals surface area contributed by atoms with Crippen molar-refractivity contribution in [2.45, 2.75) is 26.3 Å². The van der Waals surface area contributed by atoms with Gasteiger partial charge in [0.05, 0.1) is 18.8 Å². The summed E-state index contributed by atoms with van der Waals surface area (Å²) in [5.41, 5.74) is 0.496. The highest BCUT2D eigenvalue weighted by atomic mass is 16.5. The molecule has 1 atom stereocenters. The van der Waals surface area contributed by atoms with E-state index in [2.05, 4.69) is 21.8 Å². The Balaban J connectivity index is 2.13. The summed E-state index contributed by atoms with van der Waals surface area (Å²) >= 11 is 0. The fourth-order valence-electron chi connectivity index (χ4n) is 3.39. The third-order valence-electron chi connectivity index (χ3n) is 4.80. The molecule has 1 N–H and O–H groups in total. The third-order valence-corrected chi connectivity index (χ3v) is 4.80. The highest BCUT2D eigenvalue weighted by Crippen LogP contribution is 2.16. The monoisotopic (exact) mass is 388 g/mol. The molecule has 1 saturated heterocycles. The molecule has 1 aromatic heterocycles. The molecule has 2 amide bonds. The van der Waals surface area contributed by atoms with Gasteiger partial charge in [-0.2, -0.15) is 0 Å². The molecule has 7 heteroatoms. The predicted molar refractivity (Wildman–Crippen MR) is 109 cm³/mol. The van der Waals surface area contributed by atoms with Crippen molar-refractivity contribution in [3.63, 3.8) is 0 Å². The van der Waals surface area contributed by atoms with Crippen molar-refractivity contribution in [2.75, 3.05) is 45.9 Å². The minimum Gasteiger partial charge on any atom is -0.379 e. The average molecular weight is 389 g/mol. The molecule has 0 aromatic carbocycles. The zero-order valence-electron chi connectivity index (χ0n) is 17.0. The number of morpholine rings is 1. The highest BCUT2D eigenvalue weighted by Gasteiger charge is 2.32. The number of aromatic nitrogens is 1. The van der Waals surface area contributed by atoms with Gasteiger partial charge < -0.3 is 15.0 Å². The van der Waals surface area contributed by atoms with Gasteiger partial charge in [-0.05, 0) is 24.5 Å². The van der Waals surface area contributed by atoms with Crippen molar-refractivity contribution in [2.24, 2.45) is 5.92 Å². The van der Waals surface area contributed by atoms with Crippen LogP contribution in [-0.2, 0) is 9.53 Å². The van der Waals surface area contributed by atoms with Crippen molar-refractivity contribution in [3.8, 4) is 0 Å². The first-order chi connectivity index (χ1) is 13.5. The van der Waals surface area contributed by atoms with Gasteiger partial charge >= 0.3 is 0 Å². The normalized spacial score (nSPS) is 15.8. The van der Waals surface area contributed by atoms with E-state index in [1.54, 1.807) is 35.5 Å². The minimum absolute atomic E-state index is 0.0196. The van der Waals surface area contributed by atoms with Crippen molar-refractivity contribution >= 4 is 11.8 Å². The summed E-state index contributed by atoms with van der Waals surface area (Å²) in [4.78, 5) is 34.1. The summed E-state index contributed by atoms with van der Waals surface area (Å²) in [6.07, 6.45) is 5.62. The van der Waals surface area contributed by atoms with E-state index < -0.39 is 6.04 Å². The standard InChI is InChI=1S/C21H32N4O3/c1-4-8-23-20(26)19(17(2)3)25(21(27)18-7-5-9-22-16-18)11-6-10-24-12-14-28-15-13-24/h4-5,7,9,16-17,19H,1,6,8,10-15H2,2-3H3,(H,23,26). The van der Waals surface area contributed by atoms with Crippen LogP contribution in [0.1, 0.15) is 30.6 Å². The molecule has 1 aromatic rings. The van der Waals surface area contributed by atoms with E-state index in [1.807, 2.05) is 13.8 Å². The van der Waals surface area contributed by atoms with Crippen molar-refractivity contribution < 1.29 is 14.3 Å². The number of amides is 2. The maximum atomic E-state index is 13.2. The van der Waals surface area contributed by atoms with Crippen LogP contribution < -0.4 is 5.32 Å². The SMILES string of the molecule is C=CCNC(=O)C(C(C)C)N(CCCN1CCOCC1)C(=O)c1cccnc1. The summed E-state index contributed by atoms with van der Waals surface area (Å²) in [6.45, 7) is 12.6. The molecule has 7 nitrogen and oxygen atoms in total. The first-order valence-corrected chi connectivity index (χ1v) is 9.94. The quantitative estimate of drug-likeness (QED) is 0.616. The second-order valence-electron chi connectivity index (χ2n) is 7.27. The molecule has 1 unspecified atom stereocenters. The molecule has 1 aliphatic rings. The van der Waals surface area contributed by atoms with Gasteiger partial charge in [0, 0.05) is 45.1 Å². The number of rotatable bonds is 10. The number of nitrogens with zero attached hydrogens (tertiary/aromatic N) is 3. The zero-order valence-corrected chi connectivity index (χ0v) is 17.0. The molecule has 1 fully saturated rings. The highest BCUT2D eigenvalue weighted by molar-refractivity contribution is 5.97. The second-order valence-corrected chi connectivity index (χ2v) is 7.27. The number of nitrogens with one attached hydrogen (secondary N) is 1. The van der Waals surface area contributed by atoms with Crippen molar-refractivity contribution in [3.05, 3.63) is 42.7 Å². The maximum absolute atomic E-state index is 13.2. The topological polar surface area (TPSA) is 74.8 Å². The number of carbonyl (C=O) groups excluding carboxylic acids is 2. The summed E-state index contributed by atoms with van der Waals surface area (Å²) in [6, 6.07) is 2.93. The van der Waals surface area contributed by atoms with Crippen LogP contribution in [0.25, 0.3) is 0 Å². The van der Waals surface area contributed by atoms with Gasteiger partial charge in [-0.25, -0.2) is 0 Å². The lowest BCUT2D eigenvalue weighted by atomic mass is 10.00. The minimum atomic E-state index is -0.544. The van der Waals surface area contributed by atoms with Gasteiger partial charge in [-0.1, -0.05) is 19.9 Å². The molecular formula is C21H32N4O3. The summed E-state index contributed by atoms with van der Waals surface area (Å²) in [5, 5.41) is 2.85. The molecule has 1 aliphatic heterocycles. The van der Waals surface area contributed by atoms with Gasteiger partial charge in [0.25, 0.3) is 5.91 Å². The molecule has 2 rings (SSSR count). The van der Waals surface area contributed by atoms with Crippen LogP contribution in [0.2, 0.25) is 0 Å². The molecule has 0 spiro atoms. The van der Waals surface area contributed by atoms with Gasteiger partial charge in [-0.3, -0.25) is 19.5 Å². The molecule has 0 radical (unpaired) electrons. The fraction of sp³-hybridized carbons (Fsp3) is 0.571. The van der Waals surface area contributed by atoms with E-state index >= 15 is 0 Å². The van der Waals surface area contributed by atoms with Crippen molar-refractivity contribution in [1.29, 1.82) is 0 Å². The Morgan fingerprint density at radius 3 is 2.75 bits per heavy atom. The Morgan fingerprint density at radius 2 is 2.14 bits per heavy atom. The van der Waals surface area contributed by atoms with Crippen LogP contribution >= 0.6 is 0 Å². The van der Waals surface area contributed by atoms with Crippen LogP contribution in [-0.4, -0.2) is 78.6 Å². The largest absolute Gasteiger partial charge is 0.379 e. The number of hydrogen-bond acceptors (Lipinski definition) is 5. The zero-order chi connectivity index (χ0) is 20.4. The Morgan fingerprint density at radius 1 is 1.39 bits per heavy atom. The third kappa shape index (κ3) is 6.42. The Hall–Kier alpha value is -2.25. The lowest BCUT2D eigenvalue weighted by molar-refractivity contribution is -0.126. The van der Waals surface area contributed by atoms with Gasteiger partial charge in [0.15, 0.2) is 0 Å². The first kappa shape index (κ1) is 22.0. The van der Waals surface area contributed by atoms with Gasteiger partial charge in [0.1, 0.15) is 6.04 Å². The molecular weight excluding hydrogens is 356 g/mol. The Kier molecular flexibility index (Phi) is 9.10. The Labute approximate surface area is 167 Å². The van der Waals surface area contributed by atoms with Gasteiger partial charge in [-0.15, -0.1) is 6.58 Å². The Bertz CT molecular complexity index is 630. The van der Waals surface area contributed by atoms with Crippen LogP contribution in [0.5, 0.6) is 0 Å². The summed E-state index contributed by atoms with van der Waals surface area (Å²) in [5.74, 6) is -0.338. The van der Waals surface area contributed by atoms with E-state index in [1.165, 1.54) is 0 Å². The van der Waals surface area contributed by atoms with Crippen LogP contribution in [0.4, 0.5) is 0 Å². The summed E-state index contributed by atoms with van der Waals surface area (Å²) < 4.78 is 5.39. The number of pyridine rings is 1. The lowest BCUT2D eigenvalue weighted by Crippen LogP contribution is -2.53. The molecule has 0 bridgehead atoms. The van der Waals surface area contributed by atoms with Crippen LogP contribution in [0.3, 0.4) is 0 Å². The second kappa shape index (κ2) is 11.6. The predicted octanol–water partition coefficient (Wildman–Crippen LogP) is 1.57. The smallest absolute Gasteiger partial charge is 0.256 e. The molecule has 154 valence electrons. The van der Waals surface area contributed by atoms with Gasteiger partial charge in [0.2, 0.25) is 5.91 Å².